The highest BCUT2D eigenvalue weighted by molar-refractivity contribution is 5.78. The summed E-state index contributed by atoms with van der Waals surface area (Å²) in [6.07, 6.45) is 4.23. The van der Waals surface area contributed by atoms with Gasteiger partial charge in [0, 0.05) is 11.5 Å². The van der Waals surface area contributed by atoms with E-state index in [1.54, 1.807) is 7.11 Å². The maximum absolute atomic E-state index is 12.0. The van der Waals surface area contributed by atoms with Crippen molar-refractivity contribution in [3.63, 3.8) is 0 Å². The third-order valence-electron chi connectivity index (χ3n) is 3.94. The molecule has 1 aliphatic rings. The first-order valence-electron chi connectivity index (χ1n) is 7.51. The number of nitrogens with one attached hydrogen (secondary N) is 1. The van der Waals surface area contributed by atoms with Gasteiger partial charge in [-0.1, -0.05) is 30.1 Å². The first kappa shape index (κ1) is 14.6. The summed E-state index contributed by atoms with van der Waals surface area (Å²) in [6.45, 7) is 0.270. The SMILES string of the molecule is COc1cccc(-c2noc(CNC(=O)C3CCCC3)n2)c1. The highest BCUT2D eigenvalue weighted by Crippen LogP contribution is 2.25. The van der Waals surface area contributed by atoms with Crippen molar-refractivity contribution in [2.45, 2.75) is 32.2 Å². The molecular formula is C16H19N3O3. The minimum atomic E-state index is 0.0821. The predicted molar refractivity (Wildman–Crippen MR) is 80.1 cm³/mol. The number of amides is 1. The molecule has 2 aromatic rings. The quantitative estimate of drug-likeness (QED) is 0.918. The van der Waals surface area contributed by atoms with Crippen LogP contribution in [0.25, 0.3) is 11.4 Å². The fourth-order valence-corrected chi connectivity index (χ4v) is 2.70. The highest BCUT2D eigenvalue weighted by atomic mass is 16.5. The van der Waals surface area contributed by atoms with Gasteiger partial charge in [-0.3, -0.25) is 4.79 Å². The molecule has 6 heteroatoms. The second-order valence-electron chi connectivity index (χ2n) is 5.44. The summed E-state index contributed by atoms with van der Waals surface area (Å²) in [5, 5.41) is 6.81. The summed E-state index contributed by atoms with van der Waals surface area (Å²) in [5.41, 5.74) is 0.816. The van der Waals surface area contributed by atoms with Crippen LogP contribution in [-0.4, -0.2) is 23.2 Å². The lowest BCUT2D eigenvalue weighted by Gasteiger charge is -2.07. The zero-order valence-corrected chi connectivity index (χ0v) is 12.5. The molecular weight excluding hydrogens is 282 g/mol. The van der Waals surface area contributed by atoms with Crippen LogP contribution in [0, 0.1) is 5.92 Å². The van der Waals surface area contributed by atoms with Gasteiger partial charge < -0.3 is 14.6 Å². The number of hydrogen-bond donors (Lipinski definition) is 1. The standard InChI is InChI=1S/C16H19N3O3/c1-21-13-8-4-7-12(9-13)15-18-14(22-19-15)10-17-16(20)11-5-2-3-6-11/h4,7-9,11H,2-3,5-6,10H2,1H3,(H,17,20). The van der Waals surface area contributed by atoms with E-state index < -0.39 is 0 Å². The summed E-state index contributed by atoms with van der Waals surface area (Å²) >= 11 is 0. The Morgan fingerprint density at radius 1 is 1.41 bits per heavy atom. The van der Waals surface area contributed by atoms with Crippen molar-refractivity contribution < 1.29 is 14.1 Å². The van der Waals surface area contributed by atoms with E-state index in [2.05, 4.69) is 15.5 Å². The van der Waals surface area contributed by atoms with Crippen LogP contribution in [0.15, 0.2) is 28.8 Å². The van der Waals surface area contributed by atoms with Crippen LogP contribution in [0.5, 0.6) is 5.75 Å². The minimum absolute atomic E-state index is 0.0821. The fraction of sp³-hybridized carbons (Fsp3) is 0.438. The van der Waals surface area contributed by atoms with Gasteiger partial charge in [0.25, 0.3) is 0 Å². The Morgan fingerprint density at radius 3 is 3.00 bits per heavy atom. The number of nitrogens with zero attached hydrogens (tertiary/aromatic N) is 2. The second kappa shape index (κ2) is 6.60. The van der Waals surface area contributed by atoms with Crippen LogP contribution in [0.2, 0.25) is 0 Å². The molecule has 0 saturated heterocycles. The van der Waals surface area contributed by atoms with E-state index >= 15 is 0 Å². The molecule has 1 amide bonds. The monoisotopic (exact) mass is 301 g/mol. The molecule has 116 valence electrons. The van der Waals surface area contributed by atoms with Crippen LogP contribution < -0.4 is 10.1 Å². The molecule has 1 aromatic carbocycles. The Balaban J connectivity index is 1.62. The van der Waals surface area contributed by atoms with Gasteiger partial charge in [-0.15, -0.1) is 0 Å². The summed E-state index contributed by atoms with van der Waals surface area (Å²) < 4.78 is 10.4. The lowest BCUT2D eigenvalue weighted by atomic mass is 10.1. The molecule has 22 heavy (non-hydrogen) atoms. The maximum atomic E-state index is 12.0. The van der Waals surface area contributed by atoms with Crippen LogP contribution in [0.1, 0.15) is 31.6 Å². The van der Waals surface area contributed by atoms with Crippen molar-refractivity contribution in [3.8, 4) is 17.1 Å². The molecule has 0 aliphatic heterocycles. The normalized spacial score (nSPS) is 15.0. The van der Waals surface area contributed by atoms with E-state index in [0.717, 1.165) is 37.0 Å². The van der Waals surface area contributed by atoms with Crippen molar-refractivity contribution in [3.05, 3.63) is 30.2 Å². The molecule has 0 radical (unpaired) electrons. The average molecular weight is 301 g/mol. The molecule has 0 unspecified atom stereocenters. The molecule has 0 spiro atoms. The molecule has 1 N–H and O–H groups in total. The Hall–Kier alpha value is -2.37. The van der Waals surface area contributed by atoms with Gasteiger partial charge in [-0.25, -0.2) is 0 Å². The summed E-state index contributed by atoms with van der Waals surface area (Å²) in [6, 6.07) is 7.44. The van der Waals surface area contributed by atoms with Gasteiger partial charge >= 0.3 is 0 Å². The minimum Gasteiger partial charge on any atom is -0.497 e. The van der Waals surface area contributed by atoms with E-state index in [0.29, 0.717) is 11.7 Å². The number of hydrogen-bond acceptors (Lipinski definition) is 5. The molecule has 1 fully saturated rings. The van der Waals surface area contributed by atoms with Crippen molar-refractivity contribution in [2.75, 3.05) is 7.11 Å². The predicted octanol–water partition coefficient (Wildman–Crippen LogP) is 2.55. The number of ether oxygens (including phenoxy) is 1. The van der Waals surface area contributed by atoms with Gasteiger partial charge in [0.1, 0.15) is 5.75 Å². The Kier molecular flexibility index (Phi) is 4.37. The molecule has 1 saturated carbocycles. The fourth-order valence-electron chi connectivity index (χ4n) is 2.70. The van der Waals surface area contributed by atoms with Crippen LogP contribution in [0.3, 0.4) is 0 Å². The topological polar surface area (TPSA) is 77.3 Å². The molecule has 3 rings (SSSR count). The van der Waals surface area contributed by atoms with E-state index in [4.69, 9.17) is 9.26 Å². The molecule has 1 aromatic heterocycles. The lowest BCUT2D eigenvalue weighted by molar-refractivity contribution is -0.125. The Bertz CT molecular complexity index is 648. The molecule has 1 heterocycles. The van der Waals surface area contributed by atoms with Crippen molar-refractivity contribution >= 4 is 5.91 Å². The zero-order chi connectivity index (χ0) is 15.4. The number of carbonyl (C=O) groups is 1. The first-order valence-corrected chi connectivity index (χ1v) is 7.51. The summed E-state index contributed by atoms with van der Waals surface area (Å²) in [5.74, 6) is 1.85. The van der Waals surface area contributed by atoms with Gasteiger partial charge in [0.05, 0.1) is 13.7 Å². The lowest BCUT2D eigenvalue weighted by Crippen LogP contribution is -2.28. The number of carbonyl (C=O) groups excluding carboxylic acids is 1. The van der Waals surface area contributed by atoms with Crippen molar-refractivity contribution in [1.82, 2.24) is 15.5 Å². The zero-order valence-electron chi connectivity index (χ0n) is 12.5. The number of benzene rings is 1. The largest absolute Gasteiger partial charge is 0.497 e. The first-order chi connectivity index (χ1) is 10.8. The third-order valence-corrected chi connectivity index (χ3v) is 3.94. The van der Waals surface area contributed by atoms with Crippen molar-refractivity contribution in [1.29, 1.82) is 0 Å². The van der Waals surface area contributed by atoms with Crippen LogP contribution in [-0.2, 0) is 11.3 Å². The summed E-state index contributed by atoms with van der Waals surface area (Å²) in [7, 11) is 1.61. The second-order valence-corrected chi connectivity index (χ2v) is 5.44. The van der Waals surface area contributed by atoms with E-state index in [1.165, 1.54) is 0 Å². The number of rotatable bonds is 5. The average Bonchev–Trinajstić information content (AvgIpc) is 3.24. The van der Waals surface area contributed by atoms with Crippen molar-refractivity contribution in [2.24, 2.45) is 5.92 Å². The summed E-state index contributed by atoms with van der Waals surface area (Å²) in [4.78, 5) is 16.3. The Morgan fingerprint density at radius 2 is 2.23 bits per heavy atom. The smallest absolute Gasteiger partial charge is 0.246 e. The third kappa shape index (κ3) is 3.27. The van der Waals surface area contributed by atoms with E-state index in [9.17, 15) is 4.79 Å². The molecule has 0 bridgehead atoms. The van der Waals surface area contributed by atoms with Crippen LogP contribution >= 0.6 is 0 Å². The highest BCUT2D eigenvalue weighted by Gasteiger charge is 2.22. The molecule has 0 atom stereocenters. The Labute approximate surface area is 128 Å². The molecule has 1 aliphatic carbocycles. The van der Waals surface area contributed by atoms with Gasteiger partial charge in [0.2, 0.25) is 17.6 Å². The van der Waals surface area contributed by atoms with E-state index in [1.807, 2.05) is 24.3 Å². The number of methoxy groups -OCH3 is 1. The van der Waals surface area contributed by atoms with Gasteiger partial charge in [-0.2, -0.15) is 4.98 Å². The maximum Gasteiger partial charge on any atom is 0.246 e. The van der Waals surface area contributed by atoms with Crippen LogP contribution in [0.4, 0.5) is 0 Å². The molecule has 6 nitrogen and oxygen atoms in total. The van der Waals surface area contributed by atoms with Gasteiger partial charge in [0.15, 0.2) is 0 Å². The van der Waals surface area contributed by atoms with Gasteiger partial charge in [-0.05, 0) is 25.0 Å². The number of aromatic nitrogens is 2. The van der Waals surface area contributed by atoms with E-state index in [-0.39, 0.29) is 18.4 Å².